The van der Waals surface area contributed by atoms with Crippen LogP contribution in [-0.2, 0) is 9.59 Å². The van der Waals surface area contributed by atoms with E-state index in [-0.39, 0.29) is 6.61 Å². The largest absolute Gasteiger partial charge is 0.483 e. The Morgan fingerprint density at radius 3 is 2.39 bits per heavy atom. The number of amides is 2. The van der Waals surface area contributed by atoms with Crippen molar-refractivity contribution < 1.29 is 19.1 Å². The van der Waals surface area contributed by atoms with Crippen LogP contribution < -0.4 is 20.3 Å². The molecule has 0 bridgehead atoms. The molecule has 0 aliphatic rings. The molecule has 0 fully saturated rings. The molecule has 3 rings (SSSR count). The SMILES string of the molecule is Cc1cc(Br)cc(C)c1OC(C)C(=O)NNC(=O)COc1ccc2ccccc2c1Br. The smallest absolute Gasteiger partial charge is 0.279 e. The molecule has 31 heavy (non-hydrogen) atoms. The number of halogens is 2. The van der Waals surface area contributed by atoms with E-state index in [4.69, 9.17) is 9.47 Å². The van der Waals surface area contributed by atoms with Crippen LogP contribution >= 0.6 is 31.9 Å². The summed E-state index contributed by atoms with van der Waals surface area (Å²) >= 11 is 6.95. The summed E-state index contributed by atoms with van der Waals surface area (Å²) in [6.45, 7) is 5.17. The lowest BCUT2D eigenvalue weighted by atomic mass is 10.1. The number of rotatable bonds is 6. The van der Waals surface area contributed by atoms with Crippen LogP contribution in [0.5, 0.6) is 11.5 Å². The lowest BCUT2D eigenvalue weighted by Crippen LogP contribution is -2.48. The molecule has 8 heteroatoms. The molecule has 0 saturated carbocycles. The zero-order valence-electron chi connectivity index (χ0n) is 17.3. The fraction of sp³-hybridized carbons (Fsp3) is 0.217. The average Bonchev–Trinajstić information content (AvgIpc) is 2.74. The van der Waals surface area contributed by atoms with Crippen molar-refractivity contribution in [1.29, 1.82) is 0 Å². The second kappa shape index (κ2) is 10.2. The van der Waals surface area contributed by atoms with Gasteiger partial charge in [0.25, 0.3) is 11.8 Å². The van der Waals surface area contributed by atoms with Gasteiger partial charge in [-0.05, 0) is 76.8 Å². The first-order valence-corrected chi connectivity index (χ1v) is 11.2. The topological polar surface area (TPSA) is 76.7 Å². The number of benzene rings is 3. The summed E-state index contributed by atoms with van der Waals surface area (Å²) in [5.74, 6) is 0.221. The molecule has 0 aliphatic carbocycles. The molecule has 6 nitrogen and oxygen atoms in total. The first-order valence-electron chi connectivity index (χ1n) is 9.58. The molecule has 1 atom stereocenters. The summed E-state index contributed by atoms with van der Waals surface area (Å²) in [6, 6.07) is 15.4. The van der Waals surface area contributed by atoms with Gasteiger partial charge in [0.05, 0.1) is 4.47 Å². The third-order valence-electron chi connectivity index (χ3n) is 4.60. The summed E-state index contributed by atoms with van der Waals surface area (Å²) in [6.07, 6.45) is -0.797. The molecule has 2 amide bonds. The van der Waals surface area contributed by atoms with Gasteiger partial charge in [-0.3, -0.25) is 20.4 Å². The number of hydrogen-bond acceptors (Lipinski definition) is 4. The number of carbonyl (C=O) groups is 2. The van der Waals surface area contributed by atoms with E-state index in [2.05, 4.69) is 42.7 Å². The van der Waals surface area contributed by atoms with Gasteiger partial charge < -0.3 is 9.47 Å². The third-order valence-corrected chi connectivity index (χ3v) is 5.88. The van der Waals surface area contributed by atoms with E-state index < -0.39 is 17.9 Å². The Hall–Kier alpha value is -2.58. The number of fused-ring (bicyclic) bond motifs is 1. The first kappa shape index (κ1) is 23.1. The molecule has 0 heterocycles. The minimum atomic E-state index is -0.797. The fourth-order valence-corrected chi connectivity index (χ4v) is 4.35. The number of ether oxygens (including phenoxy) is 2. The van der Waals surface area contributed by atoms with Gasteiger partial charge in [-0.2, -0.15) is 0 Å². The molecule has 0 spiro atoms. The molecule has 0 saturated heterocycles. The van der Waals surface area contributed by atoms with Gasteiger partial charge in [0, 0.05) is 4.47 Å². The van der Waals surface area contributed by atoms with Crippen molar-refractivity contribution >= 4 is 54.4 Å². The van der Waals surface area contributed by atoms with Crippen molar-refractivity contribution in [1.82, 2.24) is 10.9 Å². The second-order valence-electron chi connectivity index (χ2n) is 7.05. The zero-order chi connectivity index (χ0) is 22.5. The van der Waals surface area contributed by atoms with Gasteiger partial charge in [-0.25, -0.2) is 0 Å². The second-order valence-corrected chi connectivity index (χ2v) is 8.76. The van der Waals surface area contributed by atoms with Crippen molar-refractivity contribution in [3.63, 3.8) is 0 Å². The Balaban J connectivity index is 1.51. The van der Waals surface area contributed by atoms with Crippen LogP contribution in [0.2, 0.25) is 0 Å². The molecule has 0 radical (unpaired) electrons. The van der Waals surface area contributed by atoms with E-state index in [1.807, 2.05) is 56.3 Å². The molecular weight excluding hydrogens is 528 g/mol. The highest BCUT2D eigenvalue weighted by Crippen LogP contribution is 2.33. The monoisotopic (exact) mass is 548 g/mol. The van der Waals surface area contributed by atoms with Gasteiger partial charge in [0.2, 0.25) is 0 Å². The lowest BCUT2D eigenvalue weighted by Gasteiger charge is -2.18. The lowest BCUT2D eigenvalue weighted by molar-refractivity contribution is -0.133. The first-order chi connectivity index (χ1) is 14.8. The normalized spacial score (nSPS) is 11.6. The quantitative estimate of drug-likeness (QED) is 0.425. The predicted molar refractivity (Wildman–Crippen MR) is 127 cm³/mol. The van der Waals surface area contributed by atoms with E-state index in [0.717, 1.165) is 30.8 Å². The zero-order valence-corrected chi connectivity index (χ0v) is 20.5. The highest BCUT2D eigenvalue weighted by Gasteiger charge is 2.18. The Kier molecular flexibility index (Phi) is 7.56. The summed E-state index contributed by atoms with van der Waals surface area (Å²) in [7, 11) is 0. The Bertz CT molecular complexity index is 1110. The average molecular weight is 550 g/mol. The summed E-state index contributed by atoms with van der Waals surface area (Å²) in [5.41, 5.74) is 6.53. The summed E-state index contributed by atoms with van der Waals surface area (Å²) in [4.78, 5) is 24.4. The van der Waals surface area contributed by atoms with Crippen LogP contribution in [0.3, 0.4) is 0 Å². The van der Waals surface area contributed by atoms with E-state index in [0.29, 0.717) is 11.5 Å². The molecular formula is C23H22Br2N2O4. The third kappa shape index (κ3) is 5.77. The van der Waals surface area contributed by atoms with Crippen LogP contribution in [0.4, 0.5) is 0 Å². The minimum absolute atomic E-state index is 0.253. The number of aryl methyl sites for hydroxylation is 2. The van der Waals surface area contributed by atoms with Gasteiger partial charge >= 0.3 is 0 Å². The molecule has 3 aromatic rings. The van der Waals surface area contributed by atoms with Gasteiger partial charge in [0.15, 0.2) is 12.7 Å². The fourth-order valence-electron chi connectivity index (χ4n) is 3.05. The number of hydrazine groups is 1. The number of nitrogens with one attached hydrogen (secondary N) is 2. The van der Waals surface area contributed by atoms with E-state index >= 15 is 0 Å². The van der Waals surface area contributed by atoms with Crippen molar-refractivity contribution in [3.05, 3.63) is 68.6 Å². The van der Waals surface area contributed by atoms with Crippen molar-refractivity contribution in [2.75, 3.05) is 6.61 Å². The van der Waals surface area contributed by atoms with Gasteiger partial charge in [-0.15, -0.1) is 0 Å². The van der Waals surface area contributed by atoms with Gasteiger partial charge in [0.1, 0.15) is 11.5 Å². The van der Waals surface area contributed by atoms with E-state index in [9.17, 15) is 9.59 Å². The van der Waals surface area contributed by atoms with Crippen molar-refractivity contribution in [3.8, 4) is 11.5 Å². The van der Waals surface area contributed by atoms with E-state index in [1.54, 1.807) is 13.0 Å². The number of carbonyl (C=O) groups excluding carboxylic acids is 2. The molecule has 0 aliphatic heterocycles. The number of hydrogen-bond donors (Lipinski definition) is 2. The Labute approximate surface area is 197 Å². The molecule has 162 valence electrons. The standard InChI is InChI=1S/C23H22Br2N2O4/c1-13-10-17(24)11-14(2)22(13)31-15(3)23(29)27-26-20(28)12-30-19-9-8-16-6-4-5-7-18(16)21(19)25/h4-11,15H,12H2,1-3H3,(H,26,28)(H,27,29). The van der Waals surface area contributed by atoms with Crippen molar-refractivity contribution in [2.45, 2.75) is 26.9 Å². The van der Waals surface area contributed by atoms with Crippen LogP contribution in [0.15, 0.2) is 57.5 Å². The van der Waals surface area contributed by atoms with Crippen LogP contribution in [0.25, 0.3) is 10.8 Å². The maximum absolute atomic E-state index is 12.3. The van der Waals surface area contributed by atoms with Crippen molar-refractivity contribution in [2.24, 2.45) is 0 Å². The predicted octanol–water partition coefficient (Wildman–Crippen LogP) is 4.98. The summed E-state index contributed by atoms with van der Waals surface area (Å²) in [5, 5.41) is 2.04. The molecule has 1 unspecified atom stereocenters. The maximum Gasteiger partial charge on any atom is 0.279 e. The molecule has 0 aromatic heterocycles. The summed E-state index contributed by atoms with van der Waals surface area (Å²) < 4.78 is 13.1. The van der Waals surface area contributed by atoms with Crippen LogP contribution in [0, 0.1) is 13.8 Å². The van der Waals surface area contributed by atoms with Crippen LogP contribution in [-0.4, -0.2) is 24.5 Å². The van der Waals surface area contributed by atoms with E-state index in [1.165, 1.54) is 0 Å². The highest BCUT2D eigenvalue weighted by molar-refractivity contribution is 9.11. The van der Waals surface area contributed by atoms with Crippen LogP contribution in [0.1, 0.15) is 18.1 Å². The Morgan fingerprint density at radius 2 is 1.68 bits per heavy atom. The highest BCUT2D eigenvalue weighted by atomic mass is 79.9. The molecule has 3 aromatic carbocycles. The Morgan fingerprint density at radius 1 is 1.00 bits per heavy atom. The van der Waals surface area contributed by atoms with Gasteiger partial charge in [-0.1, -0.05) is 46.3 Å². The maximum atomic E-state index is 12.3. The molecule has 2 N–H and O–H groups in total. The minimum Gasteiger partial charge on any atom is -0.483 e.